The lowest BCUT2D eigenvalue weighted by molar-refractivity contribution is -0.144. The number of nitrogens with two attached hydrogens (primary N) is 2. The number of carboxylic acids is 1. The van der Waals surface area contributed by atoms with Crippen LogP contribution in [0.2, 0.25) is 6.32 Å². The van der Waals surface area contributed by atoms with Gasteiger partial charge in [0, 0.05) is 31.6 Å². The summed E-state index contributed by atoms with van der Waals surface area (Å²) in [5.41, 5.74) is 9.42. The lowest BCUT2D eigenvalue weighted by atomic mass is 9.78. The fourth-order valence-electron chi connectivity index (χ4n) is 2.57. The Labute approximate surface area is 140 Å². The molecule has 1 rings (SSSR count). The quantitative estimate of drug-likeness (QED) is 0.221. The summed E-state index contributed by atoms with van der Waals surface area (Å²) in [7, 11) is -5.57. The molecular weight excluding hydrogens is 346 g/mol. The summed E-state index contributed by atoms with van der Waals surface area (Å²) >= 11 is 0. The number of hydrogen-bond donors (Lipinski definition) is 6. The molecule has 140 valence electrons. The maximum absolute atomic E-state index is 12.3. The molecule has 13 heteroatoms. The van der Waals surface area contributed by atoms with E-state index in [1.165, 1.54) is 0 Å². The van der Waals surface area contributed by atoms with Gasteiger partial charge in [0.15, 0.2) is 0 Å². The number of nitrogens with one attached hydrogen (secondary N) is 1. The van der Waals surface area contributed by atoms with Gasteiger partial charge in [-0.1, -0.05) is 6.42 Å². The van der Waals surface area contributed by atoms with Gasteiger partial charge in [-0.3, -0.25) is 4.79 Å². The van der Waals surface area contributed by atoms with Crippen LogP contribution in [0.1, 0.15) is 12.8 Å². The number of nitrogens with zero attached hydrogens (tertiary/aromatic N) is 1. The van der Waals surface area contributed by atoms with Crippen molar-refractivity contribution in [2.45, 2.75) is 30.7 Å². The van der Waals surface area contributed by atoms with Gasteiger partial charge in [0.2, 0.25) is 0 Å². The predicted molar refractivity (Wildman–Crippen MR) is 84.7 cm³/mol. The highest BCUT2D eigenvalue weighted by molar-refractivity contribution is 7.87. The minimum atomic E-state index is -4.05. The topological polar surface area (TPSA) is 179 Å². The maximum Gasteiger partial charge on any atom is 0.451 e. The Hall–Kier alpha value is -0.825. The predicted octanol–water partition coefficient (Wildman–Crippen LogP) is -2.92. The third-order valence-corrected chi connectivity index (χ3v) is 5.56. The monoisotopic (exact) mass is 370 g/mol. The summed E-state index contributed by atoms with van der Waals surface area (Å²) in [5, 5.41) is 27.0. The number of hydrogen-bond acceptors (Lipinski definition) is 7. The Bertz CT molecular complexity index is 539. The highest BCUT2D eigenvalue weighted by Crippen LogP contribution is 2.31. The molecule has 0 aliphatic carbocycles. The van der Waals surface area contributed by atoms with Gasteiger partial charge < -0.3 is 26.6 Å². The van der Waals surface area contributed by atoms with Crippen LogP contribution in [0.4, 0.5) is 4.39 Å². The summed E-state index contributed by atoms with van der Waals surface area (Å²) in [6.07, 6.45) is 0.529. The van der Waals surface area contributed by atoms with Gasteiger partial charge in [0.25, 0.3) is 10.2 Å². The molecule has 3 atom stereocenters. The molecule has 0 aromatic carbocycles. The number of alkyl halides is 1. The van der Waals surface area contributed by atoms with Gasteiger partial charge >= 0.3 is 13.1 Å². The molecule has 0 saturated carbocycles. The van der Waals surface area contributed by atoms with Gasteiger partial charge in [-0.15, -0.1) is 0 Å². The van der Waals surface area contributed by atoms with Crippen LogP contribution in [-0.4, -0.2) is 78.9 Å². The van der Waals surface area contributed by atoms with E-state index in [1.807, 2.05) is 0 Å². The van der Waals surface area contributed by atoms with E-state index < -0.39 is 54.0 Å². The molecule has 0 aromatic rings. The lowest BCUT2D eigenvalue weighted by Gasteiger charge is -2.25. The van der Waals surface area contributed by atoms with Crippen LogP contribution in [0.3, 0.4) is 0 Å². The van der Waals surface area contributed by atoms with Gasteiger partial charge in [-0.05, 0) is 12.7 Å². The third-order valence-electron chi connectivity index (χ3n) is 4.07. The van der Waals surface area contributed by atoms with E-state index in [0.29, 0.717) is 0 Å². The van der Waals surface area contributed by atoms with E-state index in [-0.39, 0.29) is 32.3 Å². The summed E-state index contributed by atoms with van der Waals surface area (Å²) in [6.45, 7) is -1.79. The minimum absolute atomic E-state index is 0.0303. The maximum atomic E-state index is 12.3. The van der Waals surface area contributed by atoms with E-state index in [0.717, 1.165) is 4.31 Å². The molecule has 1 saturated heterocycles. The summed E-state index contributed by atoms with van der Waals surface area (Å²) in [6, 6.07) is -0.994. The van der Waals surface area contributed by atoms with Crippen LogP contribution in [-0.2, 0) is 15.0 Å². The molecular formula is C11H24BFN4O6S. The molecule has 0 amide bonds. The molecule has 24 heavy (non-hydrogen) atoms. The van der Waals surface area contributed by atoms with E-state index >= 15 is 0 Å². The van der Waals surface area contributed by atoms with Crippen molar-refractivity contribution in [3.8, 4) is 0 Å². The molecule has 1 unspecified atom stereocenters. The summed E-state index contributed by atoms with van der Waals surface area (Å²) in [4.78, 5) is 11.5. The molecule has 0 spiro atoms. The largest absolute Gasteiger partial charge is 0.480 e. The second-order valence-electron chi connectivity index (χ2n) is 6.01. The Kier molecular flexibility index (Phi) is 7.53. The van der Waals surface area contributed by atoms with E-state index in [1.54, 1.807) is 0 Å². The average molecular weight is 370 g/mol. The van der Waals surface area contributed by atoms with Crippen molar-refractivity contribution >= 4 is 23.3 Å². The number of carbonyl (C=O) groups is 1. The average Bonchev–Trinajstić information content (AvgIpc) is 2.84. The zero-order valence-electron chi connectivity index (χ0n) is 13.1. The van der Waals surface area contributed by atoms with Gasteiger partial charge in [-0.25, -0.2) is 9.11 Å². The van der Waals surface area contributed by atoms with Gasteiger partial charge in [0.1, 0.15) is 12.2 Å². The highest BCUT2D eigenvalue weighted by atomic mass is 32.2. The number of carboxylic acid groups (broad SMARTS) is 1. The Morgan fingerprint density at radius 2 is 2.12 bits per heavy atom. The van der Waals surface area contributed by atoms with Crippen molar-refractivity contribution in [3.05, 3.63) is 0 Å². The lowest BCUT2D eigenvalue weighted by Crippen LogP contribution is -2.55. The minimum Gasteiger partial charge on any atom is -0.480 e. The first-order valence-electron chi connectivity index (χ1n) is 7.47. The molecule has 1 fully saturated rings. The molecule has 1 aliphatic heterocycles. The second kappa shape index (κ2) is 8.51. The molecule has 0 aromatic heterocycles. The fourth-order valence-corrected chi connectivity index (χ4v) is 3.94. The van der Waals surface area contributed by atoms with Gasteiger partial charge in [-0.2, -0.15) is 12.7 Å². The van der Waals surface area contributed by atoms with Crippen molar-refractivity contribution in [2.75, 3.05) is 26.3 Å². The van der Waals surface area contributed by atoms with E-state index in [9.17, 15) is 22.7 Å². The second-order valence-corrected chi connectivity index (χ2v) is 7.77. The fraction of sp³-hybridized carbons (Fsp3) is 0.909. The van der Waals surface area contributed by atoms with Crippen molar-refractivity contribution in [1.82, 2.24) is 9.03 Å². The molecule has 1 aliphatic rings. The summed E-state index contributed by atoms with van der Waals surface area (Å²) in [5.74, 6) is -2.03. The van der Waals surface area contributed by atoms with Crippen LogP contribution >= 0.6 is 0 Å². The normalized spacial score (nSPS) is 26.5. The number of halogens is 1. The molecule has 0 radical (unpaired) electrons. The summed E-state index contributed by atoms with van der Waals surface area (Å²) < 4.78 is 39.7. The number of aliphatic carboxylic acids is 1. The van der Waals surface area contributed by atoms with E-state index in [4.69, 9.17) is 21.5 Å². The third kappa shape index (κ3) is 5.34. The van der Waals surface area contributed by atoms with Crippen LogP contribution in [0.15, 0.2) is 0 Å². The first-order chi connectivity index (χ1) is 11.0. The molecule has 1 heterocycles. The van der Waals surface area contributed by atoms with Crippen molar-refractivity contribution < 1.29 is 32.8 Å². The molecule has 0 bridgehead atoms. The van der Waals surface area contributed by atoms with Gasteiger partial charge in [0.05, 0.1) is 0 Å². The molecule has 10 nitrogen and oxygen atoms in total. The zero-order valence-corrected chi connectivity index (χ0v) is 14.0. The Morgan fingerprint density at radius 1 is 1.50 bits per heavy atom. The van der Waals surface area contributed by atoms with Crippen molar-refractivity contribution in [3.63, 3.8) is 0 Å². The smallest absolute Gasteiger partial charge is 0.451 e. The number of rotatable bonds is 10. The van der Waals surface area contributed by atoms with Crippen LogP contribution < -0.4 is 16.2 Å². The molecule has 8 N–H and O–H groups in total. The van der Waals surface area contributed by atoms with Crippen LogP contribution in [0.5, 0.6) is 0 Å². The Morgan fingerprint density at radius 3 is 2.62 bits per heavy atom. The van der Waals surface area contributed by atoms with Crippen molar-refractivity contribution in [1.29, 1.82) is 0 Å². The van der Waals surface area contributed by atoms with Crippen molar-refractivity contribution in [2.24, 2.45) is 17.4 Å². The van der Waals surface area contributed by atoms with E-state index in [2.05, 4.69) is 4.72 Å². The Balaban J connectivity index is 2.80. The highest BCUT2D eigenvalue weighted by Gasteiger charge is 2.52. The first kappa shape index (κ1) is 21.2. The van der Waals surface area contributed by atoms with Crippen LogP contribution in [0.25, 0.3) is 0 Å². The standard InChI is InChI=1S/C11H24BFN4O6S/c13-4-9(14)5-16-24(22,23)17-6-8(2-1-3-12(20)21)11(15,7-17)10(18)19/h8-9,16,20-21H,1-7,14-15H2,(H,18,19)/t8-,9?,11-/m0/s1. The van der Waals surface area contributed by atoms with Crippen LogP contribution in [0, 0.1) is 5.92 Å². The SMILES string of the molecule is NC(CF)CNS(=O)(=O)N1C[C@H](CCCB(O)O)[C@](N)(C(=O)O)C1. The zero-order chi connectivity index (χ0) is 18.5. The first-order valence-corrected chi connectivity index (χ1v) is 8.91.